The highest BCUT2D eigenvalue weighted by Crippen LogP contribution is 2.53. The number of ether oxygens (including phenoxy) is 2. The topological polar surface area (TPSA) is 35.5 Å². The Balaban J connectivity index is 1.68. The van der Waals surface area contributed by atoms with E-state index < -0.39 is 5.79 Å². The van der Waals surface area contributed by atoms with Crippen LogP contribution in [0.1, 0.15) is 39.5 Å². The monoisotopic (exact) mass is 224 g/mol. The number of rotatable bonds is 0. The first-order valence-corrected chi connectivity index (χ1v) is 6.28. The summed E-state index contributed by atoms with van der Waals surface area (Å²) in [7, 11) is 0. The first-order valence-electron chi connectivity index (χ1n) is 6.28. The molecule has 0 amide bonds. The third kappa shape index (κ3) is 1.70. The van der Waals surface area contributed by atoms with Gasteiger partial charge in [0.15, 0.2) is 5.79 Å². The molecule has 1 aliphatic heterocycles. The number of carbonyl (C=O) groups is 1. The lowest BCUT2D eigenvalue weighted by molar-refractivity contribution is -0.285. The Hall–Kier alpha value is -0.410. The molecule has 0 bridgehead atoms. The van der Waals surface area contributed by atoms with Gasteiger partial charge < -0.3 is 9.47 Å². The molecule has 0 aromatic rings. The second kappa shape index (κ2) is 3.30. The summed E-state index contributed by atoms with van der Waals surface area (Å²) < 4.78 is 11.6. The SMILES string of the molecule is CC1(C)OCC2(CO1)C[C@H]1CC(=O)C[C@H]1C2. The van der Waals surface area contributed by atoms with Crippen LogP contribution in [0, 0.1) is 17.3 Å². The van der Waals surface area contributed by atoms with Gasteiger partial charge >= 0.3 is 0 Å². The van der Waals surface area contributed by atoms with Gasteiger partial charge in [0.05, 0.1) is 13.2 Å². The lowest BCUT2D eigenvalue weighted by Gasteiger charge is -2.41. The van der Waals surface area contributed by atoms with Gasteiger partial charge in [-0.3, -0.25) is 4.79 Å². The fraction of sp³-hybridized carbons (Fsp3) is 0.923. The zero-order valence-electron chi connectivity index (χ0n) is 10.1. The van der Waals surface area contributed by atoms with Crippen LogP contribution in [0.2, 0.25) is 0 Å². The summed E-state index contributed by atoms with van der Waals surface area (Å²) in [6.45, 7) is 5.56. The van der Waals surface area contributed by atoms with Crippen molar-refractivity contribution in [2.45, 2.75) is 45.3 Å². The third-order valence-electron chi connectivity index (χ3n) is 4.49. The van der Waals surface area contributed by atoms with Crippen LogP contribution in [0.5, 0.6) is 0 Å². The molecular weight excluding hydrogens is 204 g/mol. The number of carbonyl (C=O) groups excluding carboxylic acids is 1. The van der Waals surface area contributed by atoms with Gasteiger partial charge in [-0.15, -0.1) is 0 Å². The van der Waals surface area contributed by atoms with E-state index in [-0.39, 0.29) is 5.41 Å². The number of hydrogen-bond donors (Lipinski definition) is 0. The highest BCUT2D eigenvalue weighted by molar-refractivity contribution is 5.81. The predicted octanol–water partition coefficient (Wildman–Crippen LogP) is 2.14. The second-order valence-electron chi connectivity index (χ2n) is 6.35. The van der Waals surface area contributed by atoms with Gasteiger partial charge in [-0.25, -0.2) is 0 Å². The van der Waals surface area contributed by atoms with Crippen LogP contribution in [-0.4, -0.2) is 24.8 Å². The molecule has 0 radical (unpaired) electrons. The lowest BCUT2D eigenvalue weighted by atomic mass is 9.84. The molecule has 3 rings (SSSR count). The van der Waals surface area contributed by atoms with Crippen LogP contribution < -0.4 is 0 Å². The van der Waals surface area contributed by atoms with Crippen molar-refractivity contribution >= 4 is 5.78 Å². The van der Waals surface area contributed by atoms with Gasteiger partial charge in [0.2, 0.25) is 0 Å². The Bertz CT molecular complexity index is 293. The standard InChI is InChI=1S/C13H20O3/c1-12(2)15-7-13(8-16-12)5-9-3-11(14)4-10(9)6-13/h9-10H,3-8H2,1-2H3/t9-,10+. The molecule has 3 nitrogen and oxygen atoms in total. The molecule has 1 heterocycles. The molecule has 1 spiro atoms. The normalized spacial score (nSPS) is 40.2. The fourth-order valence-corrected chi connectivity index (χ4v) is 3.65. The highest BCUT2D eigenvalue weighted by atomic mass is 16.7. The molecule has 90 valence electrons. The summed E-state index contributed by atoms with van der Waals surface area (Å²) >= 11 is 0. The zero-order chi connectivity index (χ0) is 11.4. The predicted molar refractivity (Wildman–Crippen MR) is 58.9 cm³/mol. The zero-order valence-corrected chi connectivity index (χ0v) is 10.1. The second-order valence-corrected chi connectivity index (χ2v) is 6.35. The summed E-state index contributed by atoms with van der Waals surface area (Å²) in [4.78, 5) is 11.4. The summed E-state index contributed by atoms with van der Waals surface area (Å²) in [6, 6.07) is 0. The van der Waals surface area contributed by atoms with E-state index in [4.69, 9.17) is 9.47 Å². The number of ketones is 1. The maximum Gasteiger partial charge on any atom is 0.162 e. The van der Waals surface area contributed by atoms with Crippen molar-refractivity contribution in [2.24, 2.45) is 17.3 Å². The van der Waals surface area contributed by atoms with Crippen molar-refractivity contribution in [3.05, 3.63) is 0 Å². The number of hydrogen-bond acceptors (Lipinski definition) is 3. The molecule has 3 fully saturated rings. The van der Waals surface area contributed by atoms with E-state index in [0.29, 0.717) is 17.6 Å². The van der Waals surface area contributed by atoms with Gasteiger partial charge in [-0.05, 0) is 38.5 Å². The molecule has 2 atom stereocenters. The maximum absolute atomic E-state index is 11.4. The van der Waals surface area contributed by atoms with Crippen LogP contribution in [0.4, 0.5) is 0 Å². The first kappa shape index (κ1) is 10.7. The van der Waals surface area contributed by atoms with Crippen LogP contribution in [0.3, 0.4) is 0 Å². The molecule has 16 heavy (non-hydrogen) atoms. The first-order chi connectivity index (χ1) is 7.48. The van der Waals surface area contributed by atoms with E-state index in [1.54, 1.807) is 0 Å². The molecule has 0 aromatic heterocycles. The Morgan fingerprint density at radius 1 is 1.06 bits per heavy atom. The summed E-state index contributed by atoms with van der Waals surface area (Å²) in [5, 5.41) is 0. The molecule has 0 aromatic carbocycles. The summed E-state index contributed by atoms with van der Waals surface area (Å²) in [5.41, 5.74) is 0.214. The molecule has 3 heteroatoms. The largest absolute Gasteiger partial charge is 0.350 e. The van der Waals surface area contributed by atoms with Gasteiger partial charge in [0, 0.05) is 18.3 Å². The fourth-order valence-electron chi connectivity index (χ4n) is 3.65. The molecule has 2 saturated carbocycles. The van der Waals surface area contributed by atoms with Crippen molar-refractivity contribution in [2.75, 3.05) is 13.2 Å². The number of fused-ring (bicyclic) bond motifs is 1. The highest BCUT2D eigenvalue weighted by Gasteiger charge is 2.52. The summed E-state index contributed by atoms with van der Waals surface area (Å²) in [5.74, 6) is 1.27. The van der Waals surface area contributed by atoms with Crippen LogP contribution in [0.25, 0.3) is 0 Å². The molecule has 0 unspecified atom stereocenters. The van der Waals surface area contributed by atoms with E-state index in [9.17, 15) is 4.79 Å². The Morgan fingerprint density at radius 3 is 2.06 bits per heavy atom. The van der Waals surface area contributed by atoms with Crippen molar-refractivity contribution in [3.8, 4) is 0 Å². The average molecular weight is 224 g/mol. The van der Waals surface area contributed by atoms with Crippen LogP contribution >= 0.6 is 0 Å². The van der Waals surface area contributed by atoms with Gasteiger partial charge in [-0.1, -0.05) is 0 Å². The quantitative estimate of drug-likeness (QED) is 0.632. The smallest absolute Gasteiger partial charge is 0.162 e. The van der Waals surface area contributed by atoms with Crippen LogP contribution in [-0.2, 0) is 14.3 Å². The van der Waals surface area contributed by atoms with E-state index in [1.807, 2.05) is 13.8 Å². The van der Waals surface area contributed by atoms with Gasteiger partial charge in [-0.2, -0.15) is 0 Å². The third-order valence-corrected chi connectivity index (χ3v) is 4.49. The van der Waals surface area contributed by atoms with Crippen LogP contribution in [0.15, 0.2) is 0 Å². The molecule has 1 saturated heterocycles. The molecule has 0 N–H and O–H groups in total. The average Bonchev–Trinajstić information content (AvgIpc) is 2.66. The van der Waals surface area contributed by atoms with Crippen molar-refractivity contribution < 1.29 is 14.3 Å². The van der Waals surface area contributed by atoms with Crippen molar-refractivity contribution in [1.82, 2.24) is 0 Å². The Kier molecular flexibility index (Phi) is 2.21. The minimum atomic E-state index is -0.418. The van der Waals surface area contributed by atoms with E-state index >= 15 is 0 Å². The molecule has 2 aliphatic carbocycles. The van der Waals surface area contributed by atoms with Gasteiger partial charge in [0.1, 0.15) is 5.78 Å². The molecular formula is C13H20O3. The van der Waals surface area contributed by atoms with E-state index in [0.717, 1.165) is 38.9 Å². The minimum Gasteiger partial charge on any atom is -0.350 e. The molecule has 3 aliphatic rings. The Labute approximate surface area is 96.5 Å². The Morgan fingerprint density at radius 2 is 1.56 bits per heavy atom. The van der Waals surface area contributed by atoms with E-state index in [2.05, 4.69) is 0 Å². The summed E-state index contributed by atoms with van der Waals surface area (Å²) in [6.07, 6.45) is 3.85. The van der Waals surface area contributed by atoms with E-state index in [1.165, 1.54) is 0 Å². The van der Waals surface area contributed by atoms with Crippen molar-refractivity contribution in [3.63, 3.8) is 0 Å². The van der Waals surface area contributed by atoms with Crippen molar-refractivity contribution in [1.29, 1.82) is 0 Å². The lowest BCUT2D eigenvalue weighted by Crippen LogP contribution is -2.45. The minimum absolute atomic E-state index is 0.214. The number of Topliss-reactive ketones (excluding diaryl/α,β-unsaturated/α-hetero) is 1. The van der Waals surface area contributed by atoms with Gasteiger partial charge in [0.25, 0.3) is 0 Å². The maximum atomic E-state index is 11.4.